The predicted octanol–water partition coefficient (Wildman–Crippen LogP) is 2.15. The summed E-state index contributed by atoms with van der Waals surface area (Å²) < 4.78 is 1.84. The second kappa shape index (κ2) is 6.39. The SMILES string of the molecule is Cc1nn(C(C)C)cc1C(=O)N1CCCCC1CCO. The highest BCUT2D eigenvalue weighted by molar-refractivity contribution is 5.95. The predicted molar refractivity (Wildman–Crippen MR) is 77.7 cm³/mol. The van der Waals surface area contributed by atoms with Gasteiger partial charge in [-0.1, -0.05) is 0 Å². The Bertz CT molecular complexity index is 466. The lowest BCUT2D eigenvalue weighted by Gasteiger charge is -2.35. The number of likely N-dealkylation sites (tertiary alicyclic amines) is 1. The summed E-state index contributed by atoms with van der Waals surface area (Å²) in [5.41, 5.74) is 1.49. The van der Waals surface area contributed by atoms with Crippen LogP contribution in [-0.2, 0) is 0 Å². The van der Waals surface area contributed by atoms with Gasteiger partial charge < -0.3 is 10.0 Å². The zero-order chi connectivity index (χ0) is 14.7. The molecule has 2 heterocycles. The van der Waals surface area contributed by atoms with Crippen molar-refractivity contribution >= 4 is 5.91 Å². The summed E-state index contributed by atoms with van der Waals surface area (Å²) in [6.45, 7) is 6.91. The third kappa shape index (κ3) is 3.03. The molecule has 0 bridgehead atoms. The number of aromatic nitrogens is 2. The van der Waals surface area contributed by atoms with Crippen molar-refractivity contribution in [2.45, 2.75) is 58.5 Å². The number of hydrogen-bond donors (Lipinski definition) is 1. The van der Waals surface area contributed by atoms with E-state index in [9.17, 15) is 4.79 Å². The minimum atomic E-state index is 0.0625. The summed E-state index contributed by atoms with van der Waals surface area (Å²) in [6, 6.07) is 0.424. The van der Waals surface area contributed by atoms with Crippen LogP contribution in [0.1, 0.15) is 61.6 Å². The first-order valence-corrected chi connectivity index (χ1v) is 7.52. The molecule has 1 saturated heterocycles. The highest BCUT2D eigenvalue weighted by Crippen LogP contribution is 2.23. The van der Waals surface area contributed by atoms with Crippen LogP contribution >= 0.6 is 0 Å². The van der Waals surface area contributed by atoms with Gasteiger partial charge in [0.25, 0.3) is 5.91 Å². The monoisotopic (exact) mass is 279 g/mol. The van der Waals surface area contributed by atoms with Gasteiger partial charge in [0.1, 0.15) is 0 Å². The molecule has 0 aliphatic carbocycles. The van der Waals surface area contributed by atoms with Gasteiger partial charge in [0, 0.05) is 31.4 Å². The van der Waals surface area contributed by atoms with E-state index in [1.165, 1.54) is 0 Å². The van der Waals surface area contributed by atoms with Crippen LogP contribution in [0.5, 0.6) is 0 Å². The van der Waals surface area contributed by atoms with Crippen molar-refractivity contribution in [1.82, 2.24) is 14.7 Å². The Labute approximate surface area is 120 Å². The van der Waals surface area contributed by atoms with Crippen LogP contribution in [-0.4, -0.2) is 44.9 Å². The molecule has 0 spiro atoms. The standard InChI is InChI=1S/C15H25N3O2/c1-11(2)18-10-14(12(3)16-18)15(20)17-8-5-4-6-13(17)7-9-19/h10-11,13,19H,4-9H2,1-3H3. The highest BCUT2D eigenvalue weighted by atomic mass is 16.3. The summed E-state index contributed by atoms with van der Waals surface area (Å²) in [7, 11) is 0. The molecule has 1 aliphatic heterocycles. The summed E-state index contributed by atoms with van der Waals surface area (Å²) in [5.74, 6) is 0.0625. The van der Waals surface area contributed by atoms with Gasteiger partial charge in [-0.05, 0) is 46.5 Å². The Morgan fingerprint density at radius 2 is 2.25 bits per heavy atom. The van der Waals surface area contributed by atoms with Crippen LogP contribution in [0.2, 0.25) is 0 Å². The van der Waals surface area contributed by atoms with E-state index < -0.39 is 0 Å². The van der Waals surface area contributed by atoms with Gasteiger partial charge >= 0.3 is 0 Å². The quantitative estimate of drug-likeness (QED) is 0.918. The minimum absolute atomic E-state index is 0.0625. The van der Waals surface area contributed by atoms with E-state index in [4.69, 9.17) is 5.11 Å². The average Bonchev–Trinajstić information content (AvgIpc) is 2.81. The smallest absolute Gasteiger partial charge is 0.257 e. The summed E-state index contributed by atoms with van der Waals surface area (Å²) in [4.78, 5) is 14.7. The molecular formula is C15H25N3O2. The van der Waals surface area contributed by atoms with Crippen molar-refractivity contribution in [3.63, 3.8) is 0 Å². The number of aliphatic hydroxyl groups excluding tert-OH is 1. The lowest BCUT2D eigenvalue weighted by molar-refractivity contribution is 0.0574. The molecule has 5 nitrogen and oxygen atoms in total. The zero-order valence-electron chi connectivity index (χ0n) is 12.7. The molecule has 0 aromatic carbocycles. The Morgan fingerprint density at radius 3 is 2.85 bits per heavy atom. The van der Waals surface area contributed by atoms with Crippen molar-refractivity contribution in [1.29, 1.82) is 0 Å². The third-order valence-corrected chi connectivity index (χ3v) is 4.03. The van der Waals surface area contributed by atoms with Gasteiger partial charge in [0.15, 0.2) is 0 Å². The molecule has 1 unspecified atom stereocenters. The zero-order valence-corrected chi connectivity index (χ0v) is 12.7. The van der Waals surface area contributed by atoms with E-state index in [1.54, 1.807) is 0 Å². The second-order valence-corrected chi connectivity index (χ2v) is 5.86. The van der Waals surface area contributed by atoms with Gasteiger partial charge in [0.05, 0.1) is 11.3 Å². The van der Waals surface area contributed by atoms with Crippen LogP contribution in [0.3, 0.4) is 0 Å². The number of rotatable bonds is 4. The maximum atomic E-state index is 12.7. The number of aliphatic hydroxyl groups is 1. The fraction of sp³-hybridized carbons (Fsp3) is 0.733. The van der Waals surface area contributed by atoms with Crippen LogP contribution in [0.25, 0.3) is 0 Å². The first kappa shape index (κ1) is 15.0. The highest BCUT2D eigenvalue weighted by Gasteiger charge is 2.29. The van der Waals surface area contributed by atoms with Crippen molar-refractivity contribution in [2.75, 3.05) is 13.2 Å². The van der Waals surface area contributed by atoms with E-state index in [0.717, 1.165) is 31.5 Å². The fourth-order valence-corrected chi connectivity index (χ4v) is 2.83. The number of piperidine rings is 1. The molecule has 1 atom stereocenters. The van der Waals surface area contributed by atoms with Crippen molar-refractivity contribution in [2.24, 2.45) is 0 Å². The van der Waals surface area contributed by atoms with Gasteiger partial charge in [-0.2, -0.15) is 5.10 Å². The van der Waals surface area contributed by atoms with E-state index >= 15 is 0 Å². The Hall–Kier alpha value is -1.36. The number of hydrogen-bond acceptors (Lipinski definition) is 3. The van der Waals surface area contributed by atoms with E-state index in [2.05, 4.69) is 18.9 Å². The van der Waals surface area contributed by atoms with Crippen LogP contribution in [0.15, 0.2) is 6.20 Å². The number of nitrogens with zero attached hydrogens (tertiary/aromatic N) is 3. The normalized spacial score (nSPS) is 19.6. The average molecular weight is 279 g/mol. The van der Waals surface area contributed by atoms with Gasteiger partial charge in [-0.25, -0.2) is 0 Å². The molecule has 20 heavy (non-hydrogen) atoms. The molecule has 0 saturated carbocycles. The Balaban J connectivity index is 2.20. The van der Waals surface area contributed by atoms with Crippen molar-refractivity contribution in [3.8, 4) is 0 Å². The summed E-state index contributed by atoms with van der Waals surface area (Å²) in [5, 5.41) is 13.6. The number of carbonyl (C=O) groups excluding carboxylic acids is 1. The van der Waals surface area contributed by atoms with Crippen LogP contribution in [0, 0.1) is 6.92 Å². The molecule has 112 valence electrons. The molecule has 1 fully saturated rings. The number of amides is 1. The molecule has 1 aromatic rings. The maximum absolute atomic E-state index is 12.7. The van der Waals surface area contributed by atoms with Gasteiger partial charge in [0.2, 0.25) is 0 Å². The third-order valence-electron chi connectivity index (χ3n) is 4.03. The molecule has 1 aromatic heterocycles. The summed E-state index contributed by atoms with van der Waals surface area (Å²) in [6.07, 6.45) is 5.70. The largest absolute Gasteiger partial charge is 0.396 e. The molecule has 1 amide bonds. The van der Waals surface area contributed by atoms with Crippen molar-refractivity contribution in [3.05, 3.63) is 17.5 Å². The molecule has 0 radical (unpaired) electrons. The molecule has 2 rings (SSSR count). The van der Waals surface area contributed by atoms with Gasteiger partial charge in [-0.15, -0.1) is 0 Å². The second-order valence-electron chi connectivity index (χ2n) is 5.86. The summed E-state index contributed by atoms with van der Waals surface area (Å²) >= 11 is 0. The fourth-order valence-electron chi connectivity index (χ4n) is 2.83. The maximum Gasteiger partial charge on any atom is 0.257 e. The minimum Gasteiger partial charge on any atom is -0.396 e. The van der Waals surface area contributed by atoms with Crippen LogP contribution in [0.4, 0.5) is 0 Å². The van der Waals surface area contributed by atoms with E-state index in [-0.39, 0.29) is 24.6 Å². The van der Waals surface area contributed by atoms with Crippen LogP contribution < -0.4 is 0 Å². The first-order valence-electron chi connectivity index (χ1n) is 7.52. The number of carbonyl (C=O) groups is 1. The molecule has 5 heteroatoms. The lowest BCUT2D eigenvalue weighted by atomic mass is 9.98. The first-order chi connectivity index (χ1) is 9.54. The molecule has 1 aliphatic rings. The lowest BCUT2D eigenvalue weighted by Crippen LogP contribution is -2.44. The number of aryl methyl sites for hydroxylation is 1. The topological polar surface area (TPSA) is 58.4 Å². The molecule has 1 N–H and O–H groups in total. The Kier molecular flexibility index (Phi) is 4.81. The Morgan fingerprint density at radius 1 is 1.50 bits per heavy atom. The van der Waals surface area contributed by atoms with Crippen molar-refractivity contribution < 1.29 is 9.90 Å². The van der Waals surface area contributed by atoms with Gasteiger partial charge in [-0.3, -0.25) is 9.48 Å². The molecular weight excluding hydrogens is 254 g/mol. The van der Waals surface area contributed by atoms with E-state index in [1.807, 2.05) is 22.7 Å². The van der Waals surface area contributed by atoms with E-state index in [0.29, 0.717) is 12.0 Å².